The number of carbonyl (C=O) groups excluding carboxylic acids is 2. The van der Waals surface area contributed by atoms with Crippen molar-refractivity contribution in [3.63, 3.8) is 0 Å². The van der Waals surface area contributed by atoms with Crippen molar-refractivity contribution in [1.82, 2.24) is 9.80 Å². The van der Waals surface area contributed by atoms with Gasteiger partial charge < -0.3 is 9.47 Å². The maximum atomic E-state index is 13.5. The second-order valence-corrected chi connectivity index (χ2v) is 10.4. The van der Waals surface area contributed by atoms with Crippen LogP contribution >= 0.6 is 0 Å². The van der Waals surface area contributed by atoms with Gasteiger partial charge in [-0.05, 0) is 36.5 Å². The fraction of sp³-hybridized carbons (Fsp3) is 0.394. The number of piperidine rings is 1. The number of likely N-dealkylation sites (tertiary alicyclic amines) is 1. The molecule has 3 aromatic rings. The van der Waals surface area contributed by atoms with Gasteiger partial charge in [0.1, 0.15) is 0 Å². The summed E-state index contributed by atoms with van der Waals surface area (Å²) >= 11 is 0. The summed E-state index contributed by atoms with van der Waals surface area (Å²) in [5.74, 6) is -1.33. The van der Waals surface area contributed by atoms with Crippen LogP contribution in [0.2, 0.25) is 0 Å². The molecule has 1 aliphatic rings. The van der Waals surface area contributed by atoms with Crippen LogP contribution in [-0.2, 0) is 25.6 Å². The normalized spacial score (nSPS) is 21.2. The summed E-state index contributed by atoms with van der Waals surface area (Å²) in [6, 6.07) is 31.1. The van der Waals surface area contributed by atoms with Gasteiger partial charge in [0, 0.05) is 37.8 Å². The first-order valence-electron chi connectivity index (χ1n) is 13.7. The number of esters is 2. The summed E-state index contributed by atoms with van der Waals surface area (Å²) in [5.41, 5.74) is 3.55. The van der Waals surface area contributed by atoms with Crippen LogP contribution in [0.1, 0.15) is 49.0 Å². The molecule has 0 aliphatic carbocycles. The number of carbonyl (C=O) groups is 2. The van der Waals surface area contributed by atoms with E-state index in [1.807, 2.05) is 30.3 Å². The zero-order valence-corrected chi connectivity index (χ0v) is 23.4. The van der Waals surface area contributed by atoms with Crippen LogP contribution in [0.5, 0.6) is 0 Å². The predicted molar refractivity (Wildman–Crippen MR) is 153 cm³/mol. The lowest BCUT2D eigenvalue weighted by molar-refractivity contribution is -0.158. The van der Waals surface area contributed by atoms with E-state index in [4.69, 9.17) is 9.47 Å². The Bertz CT molecular complexity index is 1190. The Labute approximate surface area is 232 Å². The fourth-order valence-corrected chi connectivity index (χ4v) is 5.96. The number of methoxy groups -OCH3 is 2. The third-order valence-electron chi connectivity index (χ3n) is 8.19. The number of nitrogens with zero attached hydrogens (tertiary/aromatic N) is 2. The molecule has 5 atom stereocenters. The summed E-state index contributed by atoms with van der Waals surface area (Å²) < 4.78 is 10.5. The number of ether oxygens (including phenoxy) is 2. The number of hydrogen-bond donors (Lipinski definition) is 0. The molecule has 0 radical (unpaired) electrons. The Morgan fingerprint density at radius 1 is 0.821 bits per heavy atom. The van der Waals surface area contributed by atoms with E-state index in [-0.39, 0.29) is 42.4 Å². The minimum atomic E-state index is -0.483. The van der Waals surface area contributed by atoms with Crippen molar-refractivity contribution in [3.8, 4) is 0 Å². The smallest absolute Gasteiger partial charge is 0.310 e. The topological polar surface area (TPSA) is 59.1 Å². The molecule has 6 nitrogen and oxygen atoms in total. The van der Waals surface area contributed by atoms with Crippen molar-refractivity contribution in [2.24, 2.45) is 11.8 Å². The monoisotopic (exact) mass is 528 g/mol. The van der Waals surface area contributed by atoms with Crippen LogP contribution in [0.4, 0.5) is 0 Å². The first kappa shape index (κ1) is 28.5. The number of hydrogen-bond acceptors (Lipinski definition) is 6. The Morgan fingerprint density at radius 3 is 1.95 bits per heavy atom. The van der Waals surface area contributed by atoms with Gasteiger partial charge in [-0.25, -0.2) is 0 Å². The minimum Gasteiger partial charge on any atom is -0.469 e. The molecule has 3 aromatic carbocycles. The molecule has 1 heterocycles. The van der Waals surface area contributed by atoms with Gasteiger partial charge in [-0.15, -0.1) is 0 Å². The lowest BCUT2D eigenvalue weighted by Crippen LogP contribution is -2.59. The SMILES string of the molecule is COC(=O)C[C@@H]1CN([C@H](C)c2ccccc2)C[C@H](N(Cc2ccccc2)[C@@H](C)c2ccccc2)[C@H]1C(=O)OC. The molecular weight excluding hydrogens is 488 g/mol. The van der Waals surface area contributed by atoms with Crippen LogP contribution in [-0.4, -0.2) is 55.1 Å². The van der Waals surface area contributed by atoms with Gasteiger partial charge in [0.05, 0.1) is 26.6 Å². The molecular formula is C33H40N2O4. The van der Waals surface area contributed by atoms with Crippen LogP contribution in [0.25, 0.3) is 0 Å². The van der Waals surface area contributed by atoms with Gasteiger partial charge >= 0.3 is 11.9 Å². The standard InChI is InChI=1S/C33H40N2O4/c1-24(27-16-10-6-11-17-27)34-22-29(20-31(36)38-3)32(33(37)39-4)30(23-34)35(21-26-14-8-5-9-15-26)25(2)28-18-12-7-13-19-28/h5-19,24-25,29-30,32H,20-23H2,1-4H3/t24-,25+,29-,30+,32+/m1/s1. The van der Waals surface area contributed by atoms with E-state index in [1.54, 1.807) is 0 Å². The Balaban J connectivity index is 1.79. The van der Waals surface area contributed by atoms with E-state index in [0.717, 1.165) is 0 Å². The second kappa shape index (κ2) is 13.5. The molecule has 39 heavy (non-hydrogen) atoms. The second-order valence-electron chi connectivity index (χ2n) is 10.4. The lowest BCUT2D eigenvalue weighted by Gasteiger charge is -2.50. The molecule has 0 N–H and O–H groups in total. The molecule has 0 bridgehead atoms. The average molecular weight is 529 g/mol. The van der Waals surface area contributed by atoms with Crippen molar-refractivity contribution >= 4 is 11.9 Å². The largest absolute Gasteiger partial charge is 0.469 e. The Kier molecular flexibility index (Phi) is 9.90. The molecule has 206 valence electrons. The summed E-state index contributed by atoms with van der Waals surface area (Å²) in [7, 11) is 2.84. The lowest BCUT2D eigenvalue weighted by atomic mass is 9.77. The number of benzene rings is 3. The zero-order chi connectivity index (χ0) is 27.8. The summed E-state index contributed by atoms with van der Waals surface area (Å²) in [6.07, 6.45) is 0.156. The molecule has 1 aliphatic heterocycles. The quantitative estimate of drug-likeness (QED) is 0.316. The van der Waals surface area contributed by atoms with E-state index in [9.17, 15) is 9.59 Å². The minimum absolute atomic E-state index is 0.0225. The van der Waals surface area contributed by atoms with Gasteiger partial charge in [0.25, 0.3) is 0 Å². The predicted octanol–water partition coefficient (Wildman–Crippen LogP) is 5.66. The van der Waals surface area contributed by atoms with Crippen molar-refractivity contribution in [1.29, 1.82) is 0 Å². The van der Waals surface area contributed by atoms with E-state index < -0.39 is 5.92 Å². The summed E-state index contributed by atoms with van der Waals surface area (Å²) in [5, 5.41) is 0. The van der Waals surface area contributed by atoms with Crippen molar-refractivity contribution in [2.75, 3.05) is 27.3 Å². The maximum absolute atomic E-state index is 13.5. The van der Waals surface area contributed by atoms with Crippen LogP contribution in [0, 0.1) is 11.8 Å². The first-order chi connectivity index (χ1) is 18.9. The molecule has 0 aromatic heterocycles. The molecule has 0 unspecified atom stereocenters. The third kappa shape index (κ3) is 6.94. The first-order valence-corrected chi connectivity index (χ1v) is 13.7. The fourth-order valence-electron chi connectivity index (χ4n) is 5.96. The van der Waals surface area contributed by atoms with Gasteiger partial charge in [-0.1, -0.05) is 91.0 Å². The molecule has 0 amide bonds. The molecule has 0 saturated carbocycles. The van der Waals surface area contributed by atoms with E-state index in [0.29, 0.717) is 19.6 Å². The highest BCUT2D eigenvalue weighted by Crippen LogP contribution is 2.39. The maximum Gasteiger partial charge on any atom is 0.310 e. The van der Waals surface area contributed by atoms with Crippen LogP contribution in [0.3, 0.4) is 0 Å². The average Bonchev–Trinajstić information content (AvgIpc) is 2.99. The van der Waals surface area contributed by atoms with E-state index in [1.165, 1.54) is 30.9 Å². The highest BCUT2D eigenvalue weighted by atomic mass is 16.5. The van der Waals surface area contributed by atoms with Gasteiger partial charge in [0.15, 0.2) is 0 Å². The molecule has 1 fully saturated rings. The summed E-state index contributed by atoms with van der Waals surface area (Å²) in [4.78, 5) is 30.9. The molecule has 6 heteroatoms. The Morgan fingerprint density at radius 2 is 1.38 bits per heavy atom. The van der Waals surface area contributed by atoms with Crippen molar-refractivity contribution in [3.05, 3.63) is 108 Å². The summed E-state index contributed by atoms with van der Waals surface area (Å²) in [6.45, 7) is 6.31. The highest BCUT2D eigenvalue weighted by Gasteiger charge is 2.47. The van der Waals surface area contributed by atoms with Crippen LogP contribution < -0.4 is 0 Å². The van der Waals surface area contributed by atoms with Crippen molar-refractivity contribution < 1.29 is 19.1 Å². The van der Waals surface area contributed by atoms with E-state index >= 15 is 0 Å². The third-order valence-corrected chi connectivity index (χ3v) is 8.19. The van der Waals surface area contributed by atoms with Crippen LogP contribution in [0.15, 0.2) is 91.0 Å². The Hall–Kier alpha value is -3.48. The molecule has 0 spiro atoms. The number of rotatable bonds is 10. The van der Waals surface area contributed by atoms with Gasteiger partial charge in [0.2, 0.25) is 0 Å². The molecule has 4 rings (SSSR count). The zero-order valence-electron chi connectivity index (χ0n) is 23.4. The van der Waals surface area contributed by atoms with Gasteiger partial charge in [-0.2, -0.15) is 0 Å². The highest BCUT2D eigenvalue weighted by molar-refractivity contribution is 5.76. The molecule has 1 saturated heterocycles. The van der Waals surface area contributed by atoms with E-state index in [2.05, 4.69) is 84.3 Å². The van der Waals surface area contributed by atoms with Crippen molar-refractivity contribution in [2.45, 2.75) is 44.9 Å². The van der Waals surface area contributed by atoms with Gasteiger partial charge in [-0.3, -0.25) is 19.4 Å².